The van der Waals surface area contributed by atoms with Crippen LogP contribution in [0.4, 0.5) is 18.9 Å². The summed E-state index contributed by atoms with van der Waals surface area (Å²) in [7, 11) is 0. The van der Waals surface area contributed by atoms with Crippen molar-refractivity contribution in [2.75, 3.05) is 0 Å². The Morgan fingerprint density at radius 3 is 1.76 bits per heavy atom. The number of rotatable bonds is 3. The van der Waals surface area contributed by atoms with Crippen LogP contribution in [-0.2, 0) is 6.18 Å². The highest BCUT2D eigenvalue weighted by Gasteiger charge is 2.32. The molecule has 0 aliphatic rings. The van der Waals surface area contributed by atoms with E-state index in [1.807, 2.05) is 75.9 Å². The molecule has 0 spiro atoms. The molecular formula is C41H19F3N6. The molecule has 234 valence electrons. The Balaban J connectivity index is 1.54. The van der Waals surface area contributed by atoms with Gasteiger partial charge < -0.3 is 9.13 Å². The number of nitriles is 3. The maximum atomic E-state index is 13.9. The summed E-state index contributed by atoms with van der Waals surface area (Å²) in [5.41, 5.74) is 4.54. The number of alkyl halides is 3. The lowest BCUT2D eigenvalue weighted by Crippen LogP contribution is -2.07. The summed E-state index contributed by atoms with van der Waals surface area (Å²) in [5, 5.41) is 33.9. The fourth-order valence-corrected chi connectivity index (χ4v) is 6.89. The normalized spacial score (nSPS) is 11.4. The van der Waals surface area contributed by atoms with E-state index in [0.717, 1.165) is 50.2 Å². The van der Waals surface area contributed by atoms with Crippen molar-refractivity contribution in [2.24, 2.45) is 0 Å². The van der Waals surface area contributed by atoms with Gasteiger partial charge in [0.1, 0.15) is 6.07 Å². The van der Waals surface area contributed by atoms with Crippen molar-refractivity contribution in [1.29, 1.82) is 15.8 Å². The van der Waals surface area contributed by atoms with Crippen molar-refractivity contribution in [3.05, 3.63) is 149 Å². The van der Waals surface area contributed by atoms with Gasteiger partial charge in [0.25, 0.3) is 0 Å². The molecule has 0 bridgehead atoms. The van der Waals surface area contributed by atoms with Crippen molar-refractivity contribution in [3.8, 4) is 40.7 Å². The minimum atomic E-state index is -4.67. The van der Waals surface area contributed by atoms with Gasteiger partial charge >= 0.3 is 6.18 Å². The van der Waals surface area contributed by atoms with E-state index >= 15 is 0 Å². The molecule has 6 nitrogen and oxygen atoms in total. The SMILES string of the molecule is [C-]#[N+]c1ccc2c(c1)c1ccccc1n2-c1cc(C#N)c(-n2c3ccccc3c3cc(C#N)ccc32)cc1-c1ccc(C(F)(F)F)cc1C#N. The molecule has 9 heteroatoms. The average Bonchev–Trinajstić information content (AvgIpc) is 3.65. The fraction of sp³-hybridized carbons (Fsp3) is 0.0244. The lowest BCUT2D eigenvalue weighted by atomic mass is 9.94. The highest BCUT2D eigenvalue weighted by atomic mass is 19.4. The first-order valence-electron chi connectivity index (χ1n) is 15.3. The van der Waals surface area contributed by atoms with Gasteiger partial charge in [-0.15, -0.1) is 0 Å². The summed E-state index contributed by atoms with van der Waals surface area (Å²) in [4.78, 5) is 3.60. The highest BCUT2D eigenvalue weighted by Crippen LogP contribution is 2.43. The number of benzene rings is 6. The Hall–Kier alpha value is -7.33. The molecule has 0 atom stereocenters. The van der Waals surface area contributed by atoms with Crippen molar-refractivity contribution in [3.63, 3.8) is 0 Å². The summed E-state index contributed by atoms with van der Waals surface area (Å²) < 4.78 is 45.4. The van der Waals surface area contributed by atoms with Gasteiger partial charge in [-0.2, -0.15) is 29.0 Å². The minimum Gasteiger partial charge on any atom is -0.309 e. The van der Waals surface area contributed by atoms with Gasteiger partial charge in [-0.05, 0) is 72.1 Å². The zero-order valence-corrected chi connectivity index (χ0v) is 25.8. The van der Waals surface area contributed by atoms with E-state index in [1.54, 1.807) is 36.4 Å². The van der Waals surface area contributed by atoms with Gasteiger partial charge in [0.05, 0.1) is 74.4 Å². The van der Waals surface area contributed by atoms with Crippen LogP contribution >= 0.6 is 0 Å². The van der Waals surface area contributed by atoms with Crippen LogP contribution in [0.5, 0.6) is 0 Å². The number of halogens is 3. The van der Waals surface area contributed by atoms with Gasteiger partial charge in [0, 0.05) is 27.3 Å². The monoisotopic (exact) mass is 652 g/mol. The maximum absolute atomic E-state index is 13.9. The third-order valence-corrected chi connectivity index (χ3v) is 9.06. The topological polar surface area (TPSA) is 85.6 Å². The first kappa shape index (κ1) is 30.0. The molecule has 0 saturated carbocycles. The first-order chi connectivity index (χ1) is 24.2. The smallest absolute Gasteiger partial charge is 0.309 e. The number of fused-ring (bicyclic) bond motifs is 6. The summed E-state index contributed by atoms with van der Waals surface area (Å²) >= 11 is 0. The van der Waals surface area contributed by atoms with Crippen LogP contribution in [0, 0.1) is 40.6 Å². The van der Waals surface area contributed by atoms with E-state index in [0.29, 0.717) is 33.7 Å². The molecule has 0 unspecified atom stereocenters. The van der Waals surface area contributed by atoms with Gasteiger partial charge in [0.2, 0.25) is 0 Å². The molecule has 2 heterocycles. The third-order valence-electron chi connectivity index (χ3n) is 9.06. The van der Waals surface area contributed by atoms with Crippen molar-refractivity contribution >= 4 is 49.3 Å². The Kier molecular flexibility index (Phi) is 6.69. The molecule has 8 aromatic rings. The third kappa shape index (κ3) is 4.47. The van der Waals surface area contributed by atoms with E-state index in [2.05, 4.69) is 17.0 Å². The van der Waals surface area contributed by atoms with E-state index in [4.69, 9.17) is 6.57 Å². The van der Waals surface area contributed by atoms with Gasteiger partial charge in [-0.25, -0.2) is 4.85 Å². The number of para-hydroxylation sites is 2. The van der Waals surface area contributed by atoms with Crippen molar-refractivity contribution in [1.82, 2.24) is 9.13 Å². The van der Waals surface area contributed by atoms with Crippen molar-refractivity contribution in [2.45, 2.75) is 6.18 Å². The number of hydrogen-bond donors (Lipinski definition) is 0. The quantitative estimate of drug-likeness (QED) is 0.178. The van der Waals surface area contributed by atoms with Crippen LogP contribution in [0.3, 0.4) is 0 Å². The second kappa shape index (κ2) is 11.1. The molecule has 8 rings (SSSR count). The molecule has 2 aromatic heterocycles. The van der Waals surface area contributed by atoms with Crippen LogP contribution in [0.15, 0.2) is 115 Å². The standard InChI is InChI=1S/C41H19F3N6/c1-48-28-12-15-38-33(19-28)31-7-3-5-9-36(31)50(38)40-18-26(23-47)39(20-34(40)29-13-11-27(41(42,43)44)17-25(29)22-46)49-35-8-4-2-6-30(35)32-16-24(21-45)10-14-37(32)49/h2-20H. The Bertz CT molecular complexity index is 2920. The molecular weight excluding hydrogens is 633 g/mol. The molecule has 0 saturated heterocycles. The Labute approximate surface area is 282 Å². The van der Waals surface area contributed by atoms with E-state index in [-0.39, 0.29) is 16.7 Å². The van der Waals surface area contributed by atoms with Crippen LogP contribution in [0.2, 0.25) is 0 Å². The lowest BCUT2D eigenvalue weighted by Gasteiger charge is -2.20. The minimum absolute atomic E-state index is 0.186. The van der Waals surface area contributed by atoms with Crippen LogP contribution < -0.4 is 0 Å². The van der Waals surface area contributed by atoms with E-state index in [1.165, 1.54) is 6.07 Å². The lowest BCUT2D eigenvalue weighted by molar-refractivity contribution is -0.137. The van der Waals surface area contributed by atoms with Gasteiger partial charge in [-0.1, -0.05) is 48.5 Å². The summed E-state index contributed by atoms with van der Waals surface area (Å²) in [6, 6.07) is 38.8. The van der Waals surface area contributed by atoms with Crippen LogP contribution in [0.1, 0.15) is 22.3 Å². The second-order valence-electron chi connectivity index (χ2n) is 11.7. The predicted molar refractivity (Wildman–Crippen MR) is 186 cm³/mol. The van der Waals surface area contributed by atoms with Crippen LogP contribution in [0.25, 0.3) is 71.0 Å². The first-order valence-corrected chi connectivity index (χ1v) is 15.3. The summed E-state index contributed by atoms with van der Waals surface area (Å²) in [5.74, 6) is 0. The molecule has 0 aliphatic carbocycles. The number of nitrogens with zero attached hydrogens (tertiary/aromatic N) is 6. The Morgan fingerprint density at radius 2 is 1.14 bits per heavy atom. The van der Waals surface area contributed by atoms with Gasteiger partial charge in [-0.3, -0.25) is 0 Å². The zero-order chi connectivity index (χ0) is 34.7. The fourth-order valence-electron chi connectivity index (χ4n) is 6.89. The molecule has 0 radical (unpaired) electrons. The van der Waals surface area contributed by atoms with Gasteiger partial charge in [0.15, 0.2) is 5.69 Å². The molecule has 50 heavy (non-hydrogen) atoms. The molecule has 0 N–H and O–H groups in total. The molecule has 6 aromatic carbocycles. The van der Waals surface area contributed by atoms with E-state index < -0.39 is 11.7 Å². The van der Waals surface area contributed by atoms with Crippen LogP contribution in [-0.4, -0.2) is 9.13 Å². The predicted octanol–water partition coefficient (Wildman–Crippen LogP) is 10.7. The highest BCUT2D eigenvalue weighted by molar-refractivity contribution is 6.12. The second-order valence-corrected chi connectivity index (χ2v) is 11.7. The number of hydrogen-bond acceptors (Lipinski definition) is 3. The molecule has 0 amide bonds. The molecule has 0 aliphatic heterocycles. The zero-order valence-electron chi connectivity index (χ0n) is 25.8. The summed E-state index contributed by atoms with van der Waals surface area (Å²) in [6.07, 6.45) is -4.67. The number of aromatic nitrogens is 2. The van der Waals surface area contributed by atoms with Crippen molar-refractivity contribution < 1.29 is 13.2 Å². The molecule has 0 fully saturated rings. The maximum Gasteiger partial charge on any atom is 0.416 e. The summed E-state index contributed by atoms with van der Waals surface area (Å²) in [6.45, 7) is 7.59. The average molecular weight is 653 g/mol. The van der Waals surface area contributed by atoms with E-state index in [9.17, 15) is 29.0 Å². The Morgan fingerprint density at radius 1 is 0.540 bits per heavy atom. The largest absolute Gasteiger partial charge is 0.416 e.